The topological polar surface area (TPSA) is 99.9 Å². The van der Waals surface area contributed by atoms with E-state index in [9.17, 15) is 4.79 Å². The first-order valence-corrected chi connectivity index (χ1v) is 14.0. The molecule has 0 bridgehead atoms. The summed E-state index contributed by atoms with van der Waals surface area (Å²) in [6, 6.07) is 20.0. The molecular formula is C31H35N5O4S. The third-order valence-electron chi connectivity index (χ3n) is 6.36. The van der Waals surface area contributed by atoms with Crippen LogP contribution < -0.4 is 19.6 Å². The predicted octanol–water partition coefficient (Wildman–Crippen LogP) is 5.81. The molecule has 214 valence electrons. The Hall–Kier alpha value is -4.31. The average Bonchev–Trinajstić information content (AvgIpc) is 3.39. The summed E-state index contributed by atoms with van der Waals surface area (Å²) in [5.41, 5.74) is 7.54. The third-order valence-corrected chi connectivity index (χ3v) is 7.29. The van der Waals surface area contributed by atoms with Gasteiger partial charge in [0, 0.05) is 16.8 Å². The van der Waals surface area contributed by atoms with Gasteiger partial charge in [-0.2, -0.15) is 5.10 Å². The number of aromatic nitrogens is 3. The molecule has 0 aliphatic heterocycles. The fourth-order valence-electron chi connectivity index (χ4n) is 4.11. The van der Waals surface area contributed by atoms with Crippen LogP contribution in [0.25, 0.3) is 17.1 Å². The molecule has 4 rings (SSSR count). The van der Waals surface area contributed by atoms with Crippen molar-refractivity contribution in [1.82, 2.24) is 20.2 Å². The first-order valence-electron chi connectivity index (χ1n) is 13.0. The van der Waals surface area contributed by atoms with E-state index in [1.165, 1.54) is 30.6 Å². The van der Waals surface area contributed by atoms with E-state index in [4.69, 9.17) is 14.2 Å². The fraction of sp³-hybridized carbons (Fsp3) is 0.290. The minimum atomic E-state index is -0.284. The van der Waals surface area contributed by atoms with Gasteiger partial charge in [0.15, 0.2) is 22.5 Å². The summed E-state index contributed by atoms with van der Waals surface area (Å²) in [5, 5.41) is 13.6. The van der Waals surface area contributed by atoms with Crippen molar-refractivity contribution in [3.05, 3.63) is 77.4 Å². The van der Waals surface area contributed by atoms with Gasteiger partial charge in [0.2, 0.25) is 5.75 Å². The van der Waals surface area contributed by atoms with Gasteiger partial charge in [0.25, 0.3) is 5.91 Å². The molecule has 0 saturated carbocycles. The van der Waals surface area contributed by atoms with Crippen LogP contribution in [-0.2, 0) is 10.2 Å². The van der Waals surface area contributed by atoms with Crippen LogP contribution in [0, 0.1) is 6.92 Å². The van der Waals surface area contributed by atoms with E-state index < -0.39 is 0 Å². The molecule has 1 N–H and O–H groups in total. The molecule has 0 radical (unpaired) electrons. The van der Waals surface area contributed by atoms with Crippen molar-refractivity contribution < 1.29 is 19.0 Å². The standard InChI is InChI=1S/C31H35N5O4S/c1-20-8-14-24(15-9-20)36-29(22-10-12-23(13-11-22)31(2,3)4)34-35-30(36)41-19-27(37)33-32-18-21-16-25(38-5)28(40-7)26(17-21)39-6/h8-18H,19H2,1-7H3,(H,33,37). The molecule has 1 aromatic heterocycles. The van der Waals surface area contributed by atoms with Gasteiger partial charge in [0.1, 0.15) is 0 Å². The Balaban J connectivity index is 1.51. The van der Waals surface area contributed by atoms with E-state index in [-0.39, 0.29) is 17.1 Å². The minimum Gasteiger partial charge on any atom is -0.493 e. The first kappa shape index (κ1) is 29.7. The number of amides is 1. The quantitative estimate of drug-likeness (QED) is 0.145. The molecule has 4 aromatic rings. The van der Waals surface area contributed by atoms with Crippen molar-refractivity contribution in [2.45, 2.75) is 38.3 Å². The highest BCUT2D eigenvalue weighted by molar-refractivity contribution is 7.99. The molecule has 1 amide bonds. The van der Waals surface area contributed by atoms with E-state index in [2.05, 4.69) is 65.8 Å². The maximum Gasteiger partial charge on any atom is 0.250 e. The van der Waals surface area contributed by atoms with Crippen LogP contribution in [0.3, 0.4) is 0 Å². The molecule has 41 heavy (non-hydrogen) atoms. The van der Waals surface area contributed by atoms with Crippen molar-refractivity contribution in [3.63, 3.8) is 0 Å². The Morgan fingerprint density at radius 2 is 1.59 bits per heavy atom. The van der Waals surface area contributed by atoms with Gasteiger partial charge in [-0.25, -0.2) is 5.43 Å². The van der Waals surface area contributed by atoms with E-state index in [1.54, 1.807) is 26.4 Å². The zero-order valence-corrected chi connectivity index (χ0v) is 25.2. The second-order valence-corrected chi connectivity index (χ2v) is 11.3. The van der Waals surface area contributed by atoms with Gasteiger partial charge in [-0.1, -0.05) is 74.5 Å². The van der Waals surface area contributed by atoms with Crippen molar-refractivity contribution in [1.29, 1.82) is 0 Å². The Morgan fingerprint density at radius 1 is 0.951 bits per heavy atom. The molecule has 9 nitrogen and oxygen atoms in total. The lowest BCUT2D eigenvalue weighted by Gasteiger charge is -2.19. The number of hydrogen-bond acceptors (Lipinski definition) is 8. The zero-order valence-electron chi connectivity index (χ0n) is 24.4. The highest BCUT2D eigenvalue weighted by atomic mass is 32.2. The smallest absolute Gasteiger partial charge is 0.250 e. The molecule has 10 heteroatoms. The van der Waals surface area contributed by atoms with Crippen LogP contribution >= 0.6 is 11.8 Å². The first-order chi connectivity index (χ1) is 19.6. The largest absolute Gasteiger partial charge is 0.493 e. The number of nitrogens with zero attached hydrogens (tertiary/aromatic N) is 4. The van der Waals surface area contributed by atoms with Crippen LogP contribution in [0.15, 0.2) is 70.9 Å². The second kappa shape index (κ2) is 12.9. The van der Waals surface area contributed by atoms with Crippen LogP contribution in [0.1, 0.15) is 37.5 Å². The summed E-state index contributed by atoms with van der Waals surface area (Å²) < 4.78 is 18.1. The van der Waals surface area contributed by atoms with Crippen molar-refractivity contribution in [3.8, 4) is 34.3 Å². The molecule has 0 atom stereocenters. The lowest BCUT2D eigenvalue weighted by atomic mass is 9.87. The number of ether oxygens (including phenoxy) is 3. The highest BCUT2D eigenvalue weighted by Gasteiger charge is 2.19. The molecule has 0 spiro atoms. The van der Waals surface area contributed by atoms with E-state index >= 15 is 0 Å². The molecule has 1 heterocycles. The van der Waals surface area contributed by atoms with Gasteiger partial charge in [-0.3, -0.25) is 9.36 Å². The van der Waals surface area contributed by atoms with Gasteiger partial charge in [0.05, 0.1) is 33.3 Å². The summed E-state index contributed by atoms with van der Waals surface area (Å²) in [6.45, 7) is 8.60. The maximum absolute atomic E-state index is 12.7. The second-order valence-electron chi connectivity index (χ2n) is 10.3. The van der Waals surface area contributed by atoms with Gasteiger partial charge in [-0.15, -0.1) is 10.2 Å². The lowest BCUT2D eigenvalue weighted by Crippen LogP contribution is -2.20. The number of benzene rings is 3. The molecule has 0 aliphatic carbocycles. The Labute approximate surface area is 244 Å². The van der Waals surface area contributed by atoms with Crippen LogP contribution in [-0.4, -0.2) is 54.0 Å². The normalized spacial score (nSPS) is 11.5. The number of thioether (sulfide) groups is 1. The molecule has 0 fully saturated rings. The number of aryl methyl sites for hydroxylation is 1. The summed E-state index contributed by atoms with van der Waals surface area (Å²) >= 11 is 1.29. The van der Waals surface area contributed by atoms with E-state index in [1.807, 2.05) is 35.8 Å². The van der Waals surface area contributed by atoms with Crippen molar-refractivity contribution in [2.24, 2.45) is 5.10 Å². The SMILES string of the molecule is COc1cc(C=NNC(=O)CSc2nnc(-c3ccc(C(C)(C)C)cc3)n2-c2ccc(C)cc2)cc(OC)c1OC. The highest BCUT2D eigenvalue weighted by Crippen LogP contribution is 2.37. The predicted molar refractivity (Wildman–Crippen MR) is 163 cm³/mol. The average molecular weight is 574 g/mol. The third kappa shape index (κ3) is 7.07. The molecule has 0 aliphatic rings. The maximum atomic E-state index is 12.7. The van der Waals surface area contributed by atoms with Crippen LogP contribution in [0.5, 0.6) is 17.2 Å². The zero-order chi connectivity index (χ0) is 29.6. The number of methoxy groups -OCH3 is 3. The number of carbonyl (C=O) groups is 1. The summed E-state index contributed by atoms with van der Waals surface area (Å²) in [4.78, 5) is 12.7. The number of nitrogens with one attached hydrogen (secondary N) is 1. The number of carbonyl (C=O) groups excluding carboxylic acids is 1. The fourth-order valence-corrected chi connectivity index (χ4v) is 4.86. The van der Waals surface area contributed by atoms with Gasteiger partial charge >= 0.3 is 0 Å². The summed E-state index contributed by atoms with van der Waals surface area (Å²) in [5.74, 6) is 1.99. The van der Waals surface area contributed by atoms with Gasteiger partial charge < -0.3 is 14.2 Å². The Bertz CT molecular complexity index is 1500. The monoisotopic (exact) mass is 573 g/mol. The van der Waals surface area contributed by atoms with Gasteiger partial charge in [-0.05, 0) is 42.2 Å². The van der Waals surface area contributed by atoms with Crippen molar-refractivity contribution in [2.75, 3.05) is 27.1 Å². The molecular weight excluding hydrogens is 538 g/mol. The molecule has 0 saturated heterocycles. The lowest BCUT2D eigenvalue weighted by molar-refractivity contribution is -0.118. The minimum absolute atomic E-state index is 0.0472. The van der Waals surface area contributed by atoms with Crippen LogP contribution in [0.2, 0.25) is 0 Å². The van der Waals surface area contributed by atoms with Crippen LogP contribution in [0.4, 0.5) is 0 Å². The molecule has 3 aromatic carbocycles. The summed E-state index contributed by atoms with van der Waals surface area (Å²) in [6.07, 6.45) is 1.52. The van der Waals surface area contributed by atoms with Crippen molar-refractivity contribution >= 4 is 23.9 Å². The number of hydrogen-bond donors (Lipinski definition) is 1. The Morgan fingerprint density at radius 3 is 2.15 bits per heavy atom. The number of rotatable bonds is 10. The molecule has 0 unspecified atom stereocenters. The summed E-state index contributed by atoms with van der Waals surface area (Å²) in [7, 11) is 4.62. The van der Waals surface area contributed by atoms with E-state index in [0.717, 1.165) is 16.8 Å². The van der Waals surface area contributed by atoms with E-state index in [0.29, 0.717) is 33.8 Å². The number of hydrazone groups is 1. The Kier molecular flexibility index (Phi) is 9.34.